The summed E-state index contributed by atoms with van der Waals surface area (Å²) >= 11 is 0. The van der Waals surface area contributed by atoms with Crippen LogP contribution in [0.3, 0.4) is 0 Å². The van der Waals surface area contributed by atoms with Gasteiger partial charge in [0.15, 0.2) is 5.96 Å². The Morgan fingerprint density at radius 2 is 1.81 bits per heavy atom. The van der Waals surface area contributed by atoms with Crippen LogP contribution in [0.4, 0.5) is 0 Å². The molecule has 0 atom stereocenters. The number of carbonyl (C=O) groups is 1. The highest BCUT2D eigenvalue weighted by molar-refractivity contribution is 14.0. The van der Waals surface area contributed by atoms with Crippen molar-refractivity contribution in [3.8, 4) is 0 Å². The SMILES string of the molecule is CCOCCCNC(=NCC(=O)N(C)C)NCC1(C)CCCCCC1.I. The normalized spacial score (nSPS) is 17.0. The Morgan fingerprint density at radius 1 is 1.15 bits per heavy atom. The molecule has 0 aromatic carbocycles. The predicted octanol–water partition coefficient (Wildman–Crippen LogP) is 3.01. The average Bonchev–Trinajstić information content (AvgIpc) is 2.81. The molecular formula is C19H39IN4O2. The van der Waals surface area contributed by atoms with Gasteiger partial charge in [0.2, 0.25) is 5.91 Å². The van der Waals surface area contributed by atoms with Crippen LogP contribution in [-0.2, 0) is 9.53 Å². The molecule has 0 spiro atoms. The van der Waals surface area contributed by atoms with Gasteiger partial charge in [0, 0.05) is 40.4 Å². The van der Waals surface area contributed by atoms with Crippen molar-refractivity contribution in [2.24, 2.45) is 10.4 Å². The fourth-order valence-corrected chi connectivity index (χ4v) is 3.04. The lowest BCUT2D eigenvalue weighted by molar-refractivity contribution is -0.127. The fourth-order valence-electron chi connectivity index (χ4n) is 3.04. The Balaban J connectivity index is 0.00000625. The van der Waals surface area contributed by atoms with Gasteiger partial charge in [0.1, 0.15) is 6.54 Å². The van der Waals surface area contributed by atoms with Crippen LogP contribution < -0.4 is 10.6 Å². The molecular weight excluding hydrogens is 443 g/mol. The maximum Gasteiger partial charge on any atom is 0.243 e. The predicted molar refractivity (Wildman–Crippen MR) is 119 cm³/mol. The van der Waals surface area contributed by atoms with Crippen LogP contribution in [0.5, 0.6) is 0 Å². The zero-order chi connectivity index (χ0) is 18.5. The minimum absolute atomic E-state index is 0. The number of amides is 1. The number of likely N-dealkylation sites (N-methyl/N-ethyl adjacent to an activating group) is 1. The molecule has 0 unspecified atom stereocenters. The first-order valence-corrected chi connectivity index (χ1v) is 9.77. The quantitative estimate of drug-likeness (QED) is 0.174. The van der Waals surface area contributed by atoms with Gasteiger partial charge in [0.05, 0.1) is 0 Å². The van der Waals surface area contributed by atoms with E-state index < -0.39 is 0 Å². The summed E-state index contributed by atoms with van der Waals surface area (Å²) in [5, 5.41) is 6.80. The molecule has 1 fully saturated rings. The summed E-state index contributed by atoms with van der Waals surface area (Å²) in [5.74, 6) is 0.744. The Morgan fingerprint density at radius 3 is 2.38 bits per heavy atom. The van der Waals surface area contributed by atoms with E-state index in [1.165, 1.54) is 38.5 Å². The zero-order valence-electron chi connectivity index (χ0n) is 17.1. The van der Waals surface area contributed by atoms with E-state index in [9.17, 15) is 4.79 Å². The number of aliphatic imine (C=N–C) groups is 1. The second-order valence-corrected chi connectivity index (χ2v) is 7.51. The molecule has 1 aliphatic carbocycles. The van der Waals surface area contributed by atoms with Crippen LogP contribution >= 0.6 is 24.0 Å². The van der Waals surface area contributed by atoms with Gasteiger partial charge < -0.3 is 20.3 Å². The molecule has 7 heteroatoms. The number of nitrogens with zero attached hydrogens (tertiary/aromatic N) is 2. The molecule has 0 saturated heterocycles. The van der Waals surface area contributed by atoms with Gasteiger partial charge in [0.25, 0.3) is 0 Å². The van der Waals surface area contributed by atoms with Crippen molar-refractivity contribution in [1.29, 1.82) is 0 Å². The third-order valence-corrected chi connectivity index (χ3v) is 4.83. The molecule has 0 aliphatic heterocycles. The zero-order valence-corrected chi connectivity index (χ0v) is 19.4. The third-order valence-electron chi connectivity index (χ3n) is 4.83. The van der Waals surface area contributed by atoms with Crippen LogP contribution in [0.15, 0.2) is 4.99 Å². The maximum absolute atomic E-state index is 11.8. The van der Waals surface area contributed by atoms with Gasteiger partial charge in [-0.15, -0.1) is 24.0 Å². The van der Waals surface area contributed by atoms with Crippen molar-refractivity contribution in [3.63, 3.8) is 0 Å². The van der Waals surface area contributed by atoms with E-state index in [2.05, 4.69) is 22.5 Å². The lowest BCUT2D eigenvalue weighted by Crippen LogP contribution is -2.44. The highest BCUT2D eigenvalue weighted by atomic mass is 127. The smallest absolute Gasteiger partial charge is 0.243 e. The Hall–Kier alpha value is -0.570. The van der Waals surface area contributed by atoms with E-state index in [1.54, 1.807) is 19.0 Å². The van der Waals surface area contributed by atoms with Crippen LogP contribution in [0.1, 0.15) is 58.8 Å². The van der Waals surface area contributed by atoms with Crippen LogP contribution in [0.25, 0.3) is 0 Å². The van der Waals surface area contributed by atoms with E-state index in [4.69, 9.17) is 4.74 Å². The van der Waals surface area contributed by atoms with E-state index in [1.807, 2.05) is 6.92 Å². The van der Waals surface area contributed by atoms with Gasteiger partial charge in [-0.2, -0.15) is 0 Å². The number of carbonyl (C=O) groups excluding carboxylic acids is 1. The Bertz CT molecular complexity index is 408. The van der Waals surface area contributed by atoms with Crippen LogP contribution in [0, 0.1) is 5.41 Å². The van der Waals surface area contributed by atoms with Crippen molar-refractivity contribution in [2.45, 2.75) is 58.8 Å². The number of nitrogens with one attached hydrogen (secondary N) is 2. The largest absolute Gasteiger partial charge is 0.382 e. The molecule has 0 radical (unpaired) electrons. The van der Waals surface area contributed by atoms with Crippen molar-refractivity contribution >= 4 is 35.8 Å². The lowest BCUT2D eigenvalue weighted by Gasteiger charge is -2.29. The van der Waals surface area contributed by atoms with E-state index >= 15 is 0 Å². The third kappa shape index (κ3) is 11.2. The summed E-state index contributed by atoms with van der Waals surface area (Å²) in [5.41, 5.74) is 0.315. The molecule has 26 heavy (non-hydrogen) atoms. The van der Waals surface area contributed by atoms with Gasteiger partial charge >= 0.3 is 0 Å². The summed E-state index contributed by atoms with van der Waals surface area (Å²) in [4.78, 5) is 17.9. The second-order valence-electron chi connectivity index (χ2n) is 7.51. The first-order chi connectivity index (χ1) is 12.0. The van der Waals surface area contributed by atoms with Gasteiger partial charge in [-0.3, -0.25) is 4.79 Å². The highest BCUT2D eigenvalue weighted by Crippen LogP contribution is 2.33. The van der Waals surface area contributed by atoms with Crippen molar-refractivity contribution in [2.75, 3.05) is 46.9 Å². The minimum atomic E-state index is 0. The molecule has 1 rings (SSSR count). The number of rotatable bonds is 9. The van der Waals surface area contributed by atoms with E-state index in [0.717, 1.165) is 38.7 Å². The molecule has 6 nitrogen and oxygen atoms in total. The molecule has 0 heterocycles. The van der Waals surface area contributed by atoms with E-state index in [0.29, 0.717) is 5.41 Å². The fraction of sp³-hybridized carbons (Fsp3) is 0.895. The number of halogens is 1. The Kier molecular flexibility index (Phi) is 14.2. The molecule has 154 valence electrons. The highest BCUT2D eigenvalue weighted by Gasteiger charge is 2.25. The molecule has 0 bridgehead atoms. The first kappa shape index (κ1) is 25.4. The van der Waals surface area contributed by atoms with Crippen LogP contribution in [0.2, 0.25) is 0 Å². The summed E-state index contributed by atoms with van der Waals surface area (Å²) in [6.45, 7) is 7.72. The van der Waals surface area contributed by atoms with Crippen LogP contribution in [-0.4, -0.2) is 63.7 Å². The minimum Gasteiger partial charge on any atom is -0.382 e. The molecule has 0 aromatic rings. The van der Waals surface area contributed by atoms with Crippen molar-refractivity contribution in [1.82, 2.24) is 15.5 Å². The van der Waals surface area contributed by atoms with Gasteiger partial charge in [-0.1, -0.05) is 32.6 Å². The molecule has 2 N–H and O–H groups in total. The van der Waals surface area contributed by atoms with E-state index in [-0.39, 0.29) is 36.4 Å². The molecule has 1 amide bonds. The second kappa shape index (κ2) is 14.5. The molecule has 1 saturated carbocycles. The lowest BCUT2D eigenvalue weighted by atomic mass is 9.82. The maximum atomic E-state index is 11.8. The topological polar surface area (TPSA) is 66.0 Å². The molecule has 0 aromatic heterocycles. The number of ether oxygens (including phenoxy) is 1. The van der Waals surface area contributed by atoms with Crippen molar-refractivity contribution in [3.05, 3.63) is 0 Å². The summed E-state index contributed by atoms with van der Waals surface area (Å²) in [7, 11) is 3.51. The number of guanidine groups is 1. The standard InChI is InChI=1S/C19H38N4O2.HI/c1-5-25-14-10-13-20-18(21-15-17(24)23(3)4)22-16-19(2)11-8-6-7-9-12-19;/h5-16H2,1-4H3,(H2,20,21,22);1H. The van der Waals surface area contributed by atoms with Crippen molar-refractivity contribution < 1.29 is 9.53 Å². The Labute approximate surface area is 176 Å². The van der Waals surface area contributed by atoms with Gasteiger partial charge in [-0.05, 0) is 31.6 Å². The average molecular weight is 482 g/mol. The summed E-state index contributed by atoms with van der Waals surface area (Å²) < 4.78 is 5.37. The number of hydrogen-bond acceptors (Lipinski definition) is 3. The summed E-state index contributed by atoms with van der Waals surface area (Å²) in [6.07, 6.45) is 8.76. The monoisotopic (exact) mass is 482 g/mol. The first-order valence-electron chi connectivity index (χ1n) is 9.77. The van der Waals surface area contributed by atoms with Gasteiger partial charge in [-0.25, -0.2) is 4.99 Å². The number of hydrogen-bond donors (Lipinski definition) is 2. The summed E-state index contributed by atoms with van der Waals surface area (Å²) in [6, 6.07) is 0. The molecule has 1 aliphatic rings.